The van der Waals surface area contributed by atoms with Gasteiger partial charge in [0.2, 0.25) is 0 Å². The molecule has 2 N–H and O–H groups in total. The van der Waals surface area contributed by atoms with E-state index in [0.29, 0.717) is 18.5 Å². The van der Waals surface area contributed by atoms with Crippen molar-refractivity contribution in [3.63, 3.8) is 0 Å². The van der Waals surface area contributed by atoms with Crippen molar-refractivity contribution in [1.82, 2.24) is 15.1 Å². The van der Waals surface area contributed by atoms with Gasteiger partial charge in [-0.25, -0.2) is 0 Å². The molecule has 2 rings (SSSR count). The third-order valence-electron chi connectivity index (χ3n) is 3.48. The van der Waals surface area contributed by atoms with Crippen LogP contribution in [-0.2, 0) is 19.9 Å². The molecule has 0 aliphatic carbocycles. The van der Waals surface area contributed by atoms with Crippen LogP contribution < -0.4 is 5.32 Å². The van der Waals surface area contributed by atoms with E-state index in [9.17, 15) is 9.90 Å². The number of aromatic hydroxyl groups is 1. The summed E-state index contributed by atoms with van der Waals surface area (Å²) in [4.78, 5) is 12.1. The second-order valence-corrected chi connectivity index (χ2v) is 5.14. The van der Waals surface area contributed by atoms with Crippen LogP contribution in [0.2, 0.25) is 0 Å². The molecule has 0 spiro atoms. The van der Waals surface area contributed by atoms with Crippen molar-refractivity contribution < 1.29 is 9.90 Å². The van der Waals surface area contributed by atoms with Crippen LogP contribution in [0, 0.1) is 6.92 Å². The number of benzene rings is 1. The summed E-state index contributed by atoms with van der Waals surface area (Å²) < 4.78 is 1.77. The highest BCUT2D eigenvalue weighted by atomic mass is 16.3. The van der Waals surface area contributed by atoms with Gasteiger partial charge in [-0.1, -0.05) is 13.0 Å². The molecule has 0 aliphatic heterocycles. The number of hydrogen-bond acceptors (Lipinski definition) is 3. The van der Waals surface area contributed by atoms with Crippen LogP contribution in [-0.4, -0.2) is 27.3 Å². The Bertz CT molecular complexity index is 647. The van der Waals surface area contributed by atoms with Gasteiger partial charge in [-0.2, -0.15) is 5.10 Å². The summed E-state index contributed by atoms with van der Waals surface area (Å²) >= 11 is 0. The molecular weight excluding hydrogens is 266 g/mol. The largest absolute Gasteiger partial charge is 0.507 e. The highest BCUT2D eigenvalue weighted by Crippen LogP contribution is 2.18. The fraction of sp³-hybridized carbons (Fsp3) is 0.375. The number of carbonyl (C=O) groups is 1. The lowest BCUT2D eigenvalue weighted by molar-refractivity contribution is 0.0951. The summed E-state index contributed by atoms with van der Waals surface area (Å²) in [6.07, 6.45) is 3.45. The molecule has 2 aromatic rings. The Labute approximate surface area is 124 Å². The topological polar surface area (TPSA) is 67.2 Å². The molecule has 5 nitrogen and oxygen atoms in total. The standard InChI is InChI=1S/C16H21N3O2/c1-4-12-5-6-15(20)13(9-12)16(21)17-8-7-14-11(2)10-19(3)18-14/h5-6,9-10,20H,4,7-8H2,1-3H3,(H,17,21). The Hall–Kier alpha value is -2.30. The summed E-state index contributed by atoms with van der Waals surface area (Å²) in [7, 11) is 1.88. The summed E-state index contributed by atoms with van der Waals surface area (Å²) in [6.45, 7) is 4.51. The fourth-order valence-electron chi connectivity index (χ4n) is 2.27. The number of amides is 1. The van der Waals surface area contributed by atoms with Crippen LogP contribution >= 0.6 is 0 Å². The van der Waals surface area contributed by atoms with Gasteiger partial charge in [-0.3, -0.25) is 9.48 Å². The SMILES string of the molecule is CCc1ccc(O)c(C(=O)NCCc2nn(C)cc2C)c1. The molecule has 0 bridgehead atoms. The first-order valence-electron chi connectivity index (χ1n) is 7.10. The normalized spacial score (nSPS) is 10.6. The molecule has 5 heteroatoms. The van der Waals surface area contributed by atoms with E-state index >= 15 is 0 Å². The van der Waals surface area contributed by atoms with Gasteiger partial charge in [-0.05, 0) is 36.6 Å². The third kappa shape index (κ3) is 3.62. The number of phenols is 1. The summed E-state index contributed by atoms with van der Waals surface area (Å²) in [6, 6.07) is 5.12. The van der Waals surface area contributed by atoms with Gasteiger partial charge in [0, 0.05) is 26.2 Å². The predicted octanol–water partition coefficient (Wildman–Crippen LogP) is 1.97. The first-order valence-corrected chi connectivity index (χ1v) is 7.10. The Morgan fingerprint density at radius 2 is 2.19 bits per heavy atom. The quantitative estimate of drug-likeness (QED) is 0.883. The van der Waals surface area contributed by atoms with E-state index in [0.717, 1.165) is 23.2 Å². The maximum atomic E-state index is 12.1. The second-order valence-electron chi connectivity index (χ2n) is 5.14. The Morgan fingerprint density at radius 3 is 2.81 bits per heavy atom. The molecule has 0 radical (unpaired) electrons. The van der Waals surface area contributed by atoms with Crippen molar-refractivity contribution >= 4 is 5.91 Å². The minimum absolute atomic E-state index is 0.0127. The predicted molar refractivity (Wildman–Crippen MR) is 81.5 cm³/mol. The van der Waals surface area contributed by atoms with Gasteiger partial charge in [-0.15, -0.1) is 0 Å². The highest BCUT2D eigenvalue weighted by molar-refractivity contribution is 5.97. The molecule has 1 aromatic carbocycles. The minimum atomic E-state index is -0.253. The molecule has 0 aliphatic rings. The van der Waals surface area contributed by atoms with E-state index in [1.807, 2.05) is 33.2 Å². The van der Waals surface area contributed by atoms with E-state index < -0.39 is 0 Å². The molecule has 0 fully saturated rings. The Balaban J connectivity index is 1.97. The van der Waals surface area contributed by atoms with Crippen molar-refractivity contribution in [3.05, 3.63) is 46.8 Å². The average molecular weight is 287 g/mol. The highest BCUT2D eigenvalue weighted by Gasteiger charge is 2.12. The molecule has 0 atom stereocenters. The van der Waals surface area contributed by atoms with Crippen LogP contribution in [0.15, 0.2) is 24.4 Å². The lowest BCUT2D eigenvalue weighted by atomic mass is 10.1. The number of nitrogens with one attached hydrogen (secondary N) is 1. The average Bonchev–Trinajstić information content (AvgIpc) is 2.77. The van der Waals surface area contributed by atoms with E-state index in [2.05, 4.69) is 10.4 Å². The number of carbonyl (C=O) groups excluding carboxylic acids is 1. The van der Waals surface area contributed by atoms with Crippen LogP contribution in [0.25, 0.3) is 0 Å². The molecule has 0 unspecified atom stereocenters. The van der Waals surface area contributed by atoms with Crippen LogP contribution in [0.1, 0.15) is 34.1 Å². The zero-order valence-electron chi connectivity index (χ0n) is 12.7. The molecule has 1 heterocycles. The van der Waals surface area contributed by atoms with Crippen molar-refractivity contribution in [2.45, 2.75) is 26.7 Å². The van der Waals surface area contributed by atoms with Crippen molar-refractivity contribution in [1.29, 1.82) is 0 Å². The smallest absolute Gasteiger partial charge is 0.255 e. The number of aryl methyl sites for hydroxylation is 3. The van der Waals surface area contributed by atoms with Crippen LogP contribution in [0.4, 0.5) is 0 Å². The lowest BCUT2D eigenvalue weighted by Crippen LogP contribution is -2.26. The van der Waals surface area contributed by atoms with Gasteiger partial charge in [0.05, 0.1) is 11.3 Å². The third-order valence-corrected chi connectivity index (χ3v) is 3.48. The number of aromatic nitrogens is 2. The molecule has 1 aromatic heterocycles. The van der Waals surface area contributed by atoms with Crippen molar-refractivity contribution in [3.8, 4) is 5.75 Å². The maximum absolute atomic E-state index is 12.1. The molecule has 1 amide bonds. The van der Waals surface area contributed by atoms with Crippen LogP contribution in [0.5, 0.6) is 5.75 Å². The number of nitrogens with zero attached hydrogens (tertiary/aromatic N) is 2. The molecule has 21 heavy (non-hydrogen) atoms. The summed E-state index contributed by atoms with van der Waals surface area (Å²) in [5.41, 5.74) is 3.44. The first-order chi connectivity index (χ1) is 10.0. The van der Waals surface area contributed by atoms with E-state index in [-0.39, 0.29) is 11.7 Å². The zero-order valence-corrected chi connectivity index (χ0v) is 12.7. The second kappa shape index (κ2) is 6.43. The first kappa shape index (κ1) is 15.1. The molecular formula is C16H21N3O2. The maximum Gasteiger partial charge on any atom is 0.255 e. The van der Waals surface area contributed by atoms with E-state index in [1.165, 1.54) is 0 Å². The number of hydrogen-bond donors (Lipinski definition) is 2. The zero-order chi connectivity index (χ0) is 15.4. The Kier molecular flexibility index (Phi) is 4.62. The number of rotatable bonds is 5. The molecule has 0 saturated heterocycles. The van der Waals surface area contributed by atoms with Gasteiger partial charge in [0.15, 0.2) is 0 Å². The Morgan fingerprint density at radius 1 is 1.43 bits per heavy atom. The summed E-state index contributed by atoms with van der Waals surface area (Å²) in [5, 5.41) is 17.0. The van der Waals surface area contributed by atoms with Gasteiger partial charge < -0.3 is 10.4 Å². The van der Waals surface area contributed by atoms with Crippen LogP contribution in [0.3, 0.4) is 0 Å². The van der Waals surface area contributed by atoms with Gasteiger partial charge >= 0.3 is 0 Å². The molecule has 112 valence electrons. The van der Waals surface area contributed by atoms with E-state index in [1.54, 1.807) is 16.8 Å². The van der Waals surface area contributed by atoms with Gasteiger partial charge in [0.25, 0.3) is 5.91 Å². The fourth-order valence-corrected chi connectivity index (χ4v) is 2.27. The number of phenolic OH excluding ortho intramolecular Hbond substituents is 1. The summed E-state index contributed by atoms with van der Waals surface area (Å²) in [5.74, 6) is -0.241. The van der Waals surface area contributed by atoms with Gasteiger partial charge in [0.1, 0.15) is 5.75 Å². The van der Waals surface area contributed by atoms with Crippen molar-refractivity contribution in [2.24, 2.45) is 7.05 Å². The molecule has 0 saturated carbocycles. The minimum Gasteiger partial charge on any atom is -0.507 e. The van der Waals surface area contributed by atoms with E-state index in [4.69, 9.17) is 0 Å². The lowest BCUT2D eigenvalue weighted by Gasteiger charge is -2.08. The monoisotopic (exact) mass is 287 g/mol. The van der Waals surface area contributed by atoms with Crippen molar-refractivity contribution in [2.75, 3.05) is 6.54 Å².